The maximum Gasteiger partial charge on any atom is 0.242 e. The molecule has 0 spiro atoms. The standard InChI is InChI=1S/C30H34N2O.ClH/c1-23(2)32-28-16-10-9-15-27(28)30(29(32)33,26-13-7-4-8-14-26)19-22-31-20-17-25(18-21-31)24-11-5-3-6-12-24;/h3-16,23,25H,17-22H2,1-2H3;1H. The molecule has 3 aromatic carbocycles. The molecule has 5 rings (SSSR count). The van der Waals surface area contributed by atoms with E-state index in [9.17, 15) is 4.79 Å². The molecular formula is C30H35ClN2O. The molecule has 0 aliphatic carbocycles. The first-order valence-electron chi connectivity index (χ1n) is 12.4. The van der Waals surface area contributed by atoms with Crippen LogP contribution in [0.15, 0.2) is 84.9 Å². The molecule has 1 unspecified atom stereocenters. The molecule has 178 valence electrons. The van der Waals surface area contributed by atoms with Crippen LogP contribution in [0, 0.1) is 0 Å². The van der Waals surface area contributed by atoms with Gasteiger partial charge in [-0.25, -0.2) is 0 Å². The van der Waals surface area contributed by atoms with Gasteiger partial charge in [-0.1, -0.05) is 78.9 Å². The molecular weight excluding hydrogens is 440 g/mol. The third-order valence-corrected chi connectivity index (χ3v) is 7.65. The summed E-state index contributed by atoms with van der Waals surface area (Å²) < 4.78 is 0. The molecule has 2 aliphatic rings. The molecule has 0 radical (unpaired) electrons. The van der Waals surface area contributed by atoms with Crippen LogP contribution >= 0.6 is 12.4 Å². The number of hydrogen-bond acceptors (Lipinski definition) is 2. The van der Waals surface area contributed by atoms with Crippen LogP contribution in [0.3, 0.4) is 0 Å². The number of nitrogens with zero attached hydrogens (tertiary/aromatic N) is 2. The van der Waals surface area contributed by atoms with Gasteiger partial charge in [-0.05, 0) is 81.4 Å². The number of carbonyl (C=O) groups is 1. The zero-order valence-corrected chi connectivity index (χ0v) is 21.0. The first-order chi connectivity index (χ1) is 16.1. The Balaban J connectivity index is 0.00000274. The van der Waals surface area contributed by atoms with Crippen molar-refractivity contribution in [2.24, 2.45) is 0 Å². The minimum atomic E-state index is -0.613. The highest BCUT2D eigenvalue weighted by Crippen LogP contribution is 2.49. The van der Waals surface area contributed by atoms with E-state index in [0.717, 1.165) is 42.9 Å². The van der Waals surface area contributed by atoms with Gasteiger partial charge < -0.3 is 9.80 Å². The fraction of sp³-hybridized carbons (Fsp3) is 0.367. The van der Waals surface area contributed by atoms with E-state index in [4.69, 9.17) is 0 Å². The molecule has 2 aliphatic heterocycles. The van der Waals surface area contributed by atoms with Crippen molar-refractivity contribution < 1.29 is 4.79 Å². The molecule has 3 aromatic rings. The van der Waals surface area contributed by atoms with Crippen LogP contribution in [-0.4, -0.2) is 36.5 Å². The number of likely N-dealkylation sites (tertiary alicyclic amines) is 1. The van der Waals surface area contributed by atoms with Gasteiger partial charge in [-0.15, -0.1) is 12.4 Å². The Bertz CT molecular complexity index is 1090. The second-order valence-electron chi connectivity index (χ2n) is 9.83. The summed E-state index contributed by atoms with van der Waals surface area (Å²) in [5.74, 6) is 0.875. The van der Waals surface area contributed by atoms with Crippen molar-refractivity contribution in [1.82, 2.24) is 4.90 Å². The van der Waals surface area contributed by atoms with Gasteiger partial charge in [0.2, 0.25) is 5.91 Å². The first kappa shape index (κ1) is 24.5. The summed E-state index contributed by atoms with van der Waals surface area (Å²) in [4.78, 5) is 18.7. The molecule has 2 heterocycles. The molecule has 1 saturated heterocycles. The summed E-state index contributed by atoms with van der Waals surface area (Å²) >= 11 is 0. The minimum Gasteiger partial charge on any atom is -0.309 e. The fourth-order valence-corrected chi connectivity index (χ4v) is 5.92. The van der Waals surface area contributed by atoms with Gasteiger partial charge in [0.05, 0.1) is 0 Å². The number of benzene rings is 3. The van der Waals surface area contributed by atoms with Crippen LogP contribution in [0.4, 0.5) is 5.69 Å². The molecule has 4 heteroatoms. The Morgan fingerprint density at radius 1 is 0.853 bits per heavy atom. The molecule has 0 saturated carbocycles. The lowest BCUT2D eigenvalue weighted by Gasteiger charge is -2.36. The van der Waals surface area contributed by atoms with Crippen LogP contribution in [-0.2, 0) is 10.2 Å². The van der Waals surface area contributed by atoms with E-state index in [2.05, 4.69) is 97.6 Å². The lowest BCUT2D eigenvalue weighted by atomic mass is 9.72. The van der Waals surface area contributed by atoms with Crippen molar-refractivity contribution in [3.63, 3.8) is 0 Å². The number of hydrogen-bond donors (Lipinski definition) is 0. The zero-order valence-electron chi connectivity index (χ0n) is 20.2. The van der Waals surface area contributed by atoms with Gasteiger partial charge >= 0.3 is 0 Å². The Kier molecular flexibility index (Phi) is 7.45. The molecule has 3 nitrogen and oxygen atoms in total. The summed E-state index contributed by atoms with van der Waals surface area (Å²) in [6.45, 7) is 7.35. The molecule has 1 atom stereocenters. The van der Waals surface area contributed by atoms with Crippen LogP contribution in [0.2, 0.25) is 0 Å². The topological polar surface area (TPSA) is 23.6 Å². The molecule has 1 fully saturated rings. The van der Waals surface area contributed by atoms with E-state index in [0.29, 0.717) is 5.92 Å². The number of carbonyl (C=O) groups excluding carboxylic acids is 1. The number of piperidine rings is 1. The summed E-state index contributed by atoms with van der Waals surface area (Å²) in [6.07, 6.45) is 3.18. The Morgan fingerprint density at radius 2 is 1.44 bits per heavy atom. The third kappa shape index (κ3) is 4.28. The monoisotopic (exact) mass is 474 g/mol. The van der Waals surface area contributed by atoms with Crippen molar-refractivity contribution in [2.75, 3.05) is 24.5 Å². The number of halogens is 1. The molecule has 0 bridgehead atoms. The van der Waals surface area contributed by atoms with E-state index in [-0.39, 0.29) is 24.4 Å². The summed E-state index contributed by atoms with van der Waals surface area (Å²) in [6, 6.07) is 29.9. The van der Waals surface area contributed by atoms with E-state index in [1.165, 1.54) is 18.4 Å². The fourth-order valence-electron chi connectivity index (χ4n) is 5.92. The summed E-state index contributed by atoms with van der Waals surface area (Å²) in [5, 5.41) is 0. The van der Waals surface area contributed by atoms with Gasteiger partial charge in [0.15, 0.2) is 0 Å². The summed E-state index contributed by atoms with van der Waals surface area (Å²) in [5.41, 5.74) is 4.20. The number of para-hydroxylation sites is 1. The van der Waals surface area contributed by atoms with Crippen molar-refractivity contribution >= 4 is 24.0 Å². The van der Waals surface area contributed by atoms with Crippen LogP contribution in [0.1, 0.15) is 55.7 Å². The largest absolute Gasteiger partial charge is 0.309 e. The van der Waals surface area contributed by atoms with Crippen molar-refractivity contribution in [2.45, 2.75) is 50.5 Å². The maximum atomic E-state index is 14.1. The predicted molar refractivity (Wildman–Crippen MR) is 143 cm³/mol. The van der Waals surface area contributed by atoms with E-state index < -0.39 is 5.41 Å². The average Bonchev–Trinajstić information content (AvgIpc) is 3.12. The van der Waals surface area contributed by atoms with Gasteiger partial charge in [0, 0.05) is 11.7 Å². The maximum absolute atomic E-state index is 14.1. The average molecular weight is 475 g/mol. The molecule has 0 N–H and O–H groups in total. The number of amides is 1. The van der Waals surface area contributed by atoms with Crippen LogP contribution in [0.5, 0.6) is 0 Å². The Morgan fingerprint density at radius 3 is 2.09 bits per heavy atom. The first-order valence-corrected chi connectivity index (χ1v) is 12.4. The lowest BCUT2D eigenvalue weighted by molar-refractivity contribution is -0.122. The predicted octanol–water partition coefficient (Wildman–Crippen LogP) is 6.42. The molecule has 1 amide bonds. The second-order valence-corrected chi connectivity index (χ2v) is 9.83. The van der Waals surface area contributed by atoms with Gasteiger partial charge in [-0.2, -0.15) is 0 Å². The molecule has 0 aromatic heterocycles. The molecule has 34 heavy (non-hydrogen) atoms. The van der Waals surface area contributed by atoms with Crippen LogP contribution in [0.25, 0.3) is 0 Å². The highest BCUT2D eigenvalue weighted by Gasteiger charge is 2.52. The van der Waals surface area contributed by atoms with Gasteiger partial charge in [0.25, 0.3) is 0 Å². The van der Waals surface area contributed by atoms with Gasteiger partial charge in [-0.3, -0.25) is 4.79 Å². The zero-order chi connectivity index (χ0) is 22.8. The van der Waals surface area contributed by atoms with E-state index in [1.807, 2.05) is 11.0 Å². The number of anilines is 1. The normalized spacial score (nSPS) is 20.9. The van der Waals surface area contributed by atoms with E-state index >= 15 is 0 Å². The smallest absolute Gasteiger partial charge is 0.242 e. The van der Waals surface area contributed by atoms with Gasteiger partial charge in [0.1, 0.15) is 5.41 Å². The lowest BCUT2D eigenvalue weighted by Crippen LogP contribution is -2.46. The summed E-state index contributed by atoms with van der Waals surface area (Å²) in [7, 11) is 0. The second kappa shape index (κ2) is 10.3. The quantitative estimate of drug-likeness (QED) is 0.411. The minimum absolute atomic E-state index is 0. The third-order valence-electron chi connectivity index (χ3n) is 7.65. The van der Waals surface area contributed by atoms with Crippen molar-refractivity contribution in [3.05, 3.63) is 102 Å². The highest BCUT2D eigenvalue weighted by molar-refractivity contribution is 6.10. The van der Waals surface area contributed by atoms with E-state index in [1.54, 1.807) is 0 Å². The number of rotatable bonds is 6. The highest BCUT2D eigenvalue weighted by atomic mass is 35.5. The SMILES string of the molecule is CC(C)N1C(=O)C(CCN2CCC(c3ccccc3)CC2)(c2ccccc2)c2ccccc21.Cl. The Labute approximate surface area is 210 Å². The van der Waals surface area contributed by atoms with Crippen LogP contribution < -0.4 is 4.90 Å². The van der Waals surface area contributed by atoms with Crippen molar-refractivity contribution in [3.8, 4) is 0 Å². The number of fused-ring (bicyclic) bond motifs is 1. The van der Waals surface area contributed by atoms with Crippen molar-refractivity contribution in [1.29, 1.82) is 0 Å². The Hall–Kier alpha value is -2.62.